The lowest BCUT2D eigenvalue weighted by atomic mass is 10.1. The van der Waals surface area contributed by atoms with Crippen LogP contribution in [0.25, 0.3) is 10.9 Å². The number of hydrogen-bond acceptors (Lipinski definition) is 7. The van der Waals surface area contributed by atoms with Crippen LogP contribution in [0.2, 0.25) is 5.02 Å². The first-order chi connectivity index (χ1) is 19.6. The predicted molar refractivity (Wildman–Crippen MR) is 153 cm³/mol. The molecule has 0 aliphatic carbocycles. The lowest BCUT2D eigenvalue weighted by molar-refractivity contribution is -0.167. The zero-order chi connectivity index (χ0) is 29.5. The molecule has 1 unspecified atom stereocenters. The van der Waals surface area contributed by atoms with Gasteiger partial charge in [0, 0.05) is 45.9 Å². The lowest BCUT2D eigenvalue weighted by Gasteiger charge is -2.37. The van der Waals surface area contributed by atoms with Crippen molar-refractivity contribution in [3.8, 4) is 0 Å². The van der Waals surface area contributed by atoms with E-state index in [1.54, 1.807) is 25.3 Å². The molecule has 0 saturated carbocycles. The number of aromatic nitrogens is 1. The Bertz CT molecular complexity index is 1410. The molecule has 0 bridgehead atoms. The zero-order valence-corrected chi connectivity index (χ0v) is 23.8. The molecule has 41 heavy (non-hydrogen) atoms. The minimum absolute atomic E-state index is 0.0761. The number of pyridine rings is 1. The van der Waals surface area contributed by atoms with Crippen molar-refractivity contribution in [1.29, 1.82) is 0 Å². The summed E-state index contributed by atoms with van der Waals surface area (Å²) in [5.74, 6) is -1.37. The molecule has 1 aromatic heterocycles. The summed E-state index contributed by atoms with van der Waals surface area (Å²) in [6, 6.07) is 16.4. The average molecular weight is 608 g/mol. The fourth-order valence-corrected chi connectivity index (χ4v) is 5.71. The van der Waals surface area contributed by atoms with E-state index in [2.05, 4.69) is 10.3 Å². The third kappa shape index (κ3) is 8.15. The van der Waals surface area contributed by atoms with Gasteiger partial charge in [-0.25, -0.2) is 4.79 Å². The van der Waals surface area contributed by atoms with Crippen molar-refractivity contribution in [2.75, 3.05) is 37.4 Å². The number of halogens is 4. The van der Waals surface area contributed by atoms with E-state index in [-0.39, 0.29) is 18.9 Å². The molecule has 1 aliphatic rings. The van der Waals surface area contributed by atoms with Gasteiger partial charge in [0.2, 0.25) is 0 Å². The summed E-state index contributed by atoms with van der Waals surface area (Å²) in [7, 11) is 0. The quantitative estimate of drug-likeness (QED) is 0.135. The van der Waals surface area contributed by atoms with Crippen LogP contribution in [0.5, 0.6) is 0 Å². The molecule has 1 aliphatic heterocycles. The second-order valence-electron chi connectivity index (χ2n) is 9.26. The molecule has 2 heterocycles. The third-order valence-corrected chi connectivity index (χ3v) is 7.68. The number of nitrogens with one attached hydrogen (secondary N) is 1. The van der Waals surface area contributed by atoms with Gasteiger partial charge in [0.1, 0.15) is 6.61 Å². The molecule has 218 valence electrons. The van der Waals surface area contributed by atoms with Gasteiger partial charge >= 0.3 is 12.1 Å². The largest absolute Gasteiger partial charge is 0.464 e. The maximum Gasteiger partial charge on any atom is 0.393 e. The monoisotopic (exact) mass is 607 g/mol. The van der Waals surface area contributed by atoms with Crippen LogP contribution in [0.4, 0.5) is 18.9 Å². The SMILES string of the molecule is CCOC(=O)COC1(CSc2ccccc2)C=C(CC(F)(F)F)C(=O)N1CCCNc1ccnc2cc(Cl)ccc12. The molecule has 1 atom stereocenters. The topological polar surface area (TPSA) is 80.8 Å². The summed E-state index contributed by atoms with van der Waals surface area (Å²) >= 11 is 7.39. The number of carbonyl (C=O) groups is 2. The number of anilines is 1. The van der Waals surface area contributed by atoms with Crippen LogP contribution in [-0.4, -0.2) is 65.7 Å². The number of benzene rings is 2. The van der Waals surface area contributed by atoms with Gasteiger partial charge in [0.15, 0.2) is 5.72 Å². The molecule has 0 saturated heterocycles. The lowest BCUT2D eigenvalue weighted by Crippen LogP contribution is -2.52. The second-order valence-corrected chi connectivity index (χ2v) is 10.7. The molecular weight excluding hydrogens is 579 g/mol. The number of fused-ring (bicyclic) bond motifs is 1. The number of ether oxygens (including phenoxy) is 2. The minimum Gasteiger partial charge on any atom is -0.464 e. The number of rotatable bonds is 13. The van der Waals surface area contributed by atoms with Crippen LogP contribution >= 0.6 is 23.4 Å². The van der Waals surface area contributed by atoms with Gasteiger partial charge in [0.05, 0.1) is 24.3 Å². The van der Waals surface area contributed by atoms with Gasteiger partial charge in [-0.3, -0.25) is 9.78 Å². The Morgan fingerprint density at radius 3 is 2.68 bits per heavy atom. The Kier molecular flexibility index (Phi) is 10.2. The fraction of sp³-hybridized carbons (Fsp3) is 0.345. The van der Waals surface area contributed by atoms with Crippen molar-refractivity contribution >= 4 is 51.8 Å². The molecule has 0 spiro atoms. The average Bonchev–Trinajstić information content (AvgIpc) is 3.18. The maximum atomic E-state index is 13.4. The van der Waals surface area contributed by atoms with Crippen LogP contribution in [0.15, 0.2) is 77.3 Å². The maximum absolute atomic E-state index is 13.4. The highest BCUT2D eigenvalue weighted by atomic mass is 35.5. The zero-order valence-electron chi connectivity index (χ0n) is 22.2. The number of amides is 1. The number of thioether (sulfide) groups is 1. The van der Waals surface area contributed by atoms with E-state index >= 15 is 0 Å². The molecular formula is C29H29ClF3N3O4S. The molecule has 1 amide bonds. The highest BCUT2D eigenvalue weighted by molar-refractivity contribution is 7.99. The highest BCUT2D eigenvalue weighted by Gasteiger charge is 2.48. The van der Waals surface area contributed by atoms with E-state index in [0.717, 1.165) is 16.0 Å². The standard InChI is InChI=1S/C29H29ClF3N3O4S/c1-2-39-26(37)18-40-28(19-41-22-7-4-3-5-8-22)16-20(17-29(31,32)33)27(38)36(28)14-6-12-34-24-11-13-35-25-15-21(30)9-10-23(24)25/h3-5,7-11,13,15-16H,2,6,12,14,17-19H2,1H3,(H,34,35). The van der Waals surface area contributed by atoms with Gasteiger partial charge in [-0.2, -0.15) is 13.2 Å². The summed E-state index contributed by atoms with van der Waals surface area (Å²) in [4.78, 5) is 32.0. The number of hydrogen-bond donors (Lipinski definition) is 1. The van der Waals surface area contributed by atoms with Crippen molar-refractivity contribution in [1.82, 2.24) is 9.88 Å². The van der Waals surface area contributed by atoms with Crippen LogP contribution in [0, 0.1) is 0 Å². The Hall–Kier alpha value is -3.28. The normalized spacial score (nSPS) is 17.1. The number of alkyl halides is 3. The number of carbonyl (C=O) groups excluding carboxylic acids is 2. The van der Waals surface area contributed by atoms with Crippen LogP contribution in [-0.2, 0) is 19.1 Å². The third-order valence-electron chi connectivity index (χ3n) is 6.28. The van der Waals surface area contributed by atoms with Crippen molar-refractivity contribution in [3.05, 3.63) is 77.5 Å². The van der Waals surface area contributed by atoms with Gasteiger partial charge < -0.3 is 19.7 Å². The second kappa shape index (κ2) is 13.6. The summed E-state index contributed by atoms with van der Waals surface area (Å²) < 4.78 is 51.2. The first-order valence-corrected chi connectivity index (χ1v) is 14.3. The fourth-order valence-electron chi connectivity index (χ4n) is 4.50. The van der Waals surface area contributed by atoms with Crippen LogP contribution in [0.3, 0.4) is 0 Å². The summed E-state index contributed by atoms with van der Waals surface area (Å²) in [5.41, 5.74) is -0.479. The Balaban J connectivity index is 1.55. The Labute approximate surface area is 245 Å². The predicted octanol–water partition coefficient (Wildman–Crippen LogP) is 6.48. The van der Waals surface area contributed by atoms with Crippen molar-refractivity contribution in [2.45, 2.75) is 36.6 Å². The smallest absolute Gasteiger partial charge is 0.393 e. The van der Waals surface area contributed by atoms with Gasteiger partial charge in [-0.05, 0) is 55.8 Å². The first-order valence-electron chi connectivity index (χ1n) is 13.0. The van der Waals surface area contributed by atoms with Crippen molar-refractivity contribution < 1.29 is 32.2 Å². The molecule has 3 aromatic rings. The molecule has 7 nitrogen and oxygen atoms in total. The Morgan fingerprint density at radius 2 is 1.95 bits per heavy atom. The van der Waals surface area contributed by atoms with Gasteiger partial charge in [-0.15, -0.1) is 11.8 Å². The molecule has 2 aromatic carbocycles. The molecule has 4 rings (SSSR count). The Morgan fingerprint density at radius 1 is 1.17 bits per heavy atom. The molecule has 0 fully saturated rings. The molecule has 12 heteroatoms. The van der Waals surface area contributed by atoms with E-state index < -0.39 is 42.4 Å². The van der Waals surface area contributed by atoms with E-state index in [0.29, 0.717) is 23.5 Å². The molecule has 0 radical (unpaired) electrons. The van der Waals surface area contributed by atoms with Gasteiger partial charge in [-0.1, -0.05) is 29.8 Å². The molecule has 1 N–H and O–H groups in total. The summed E-state index contributed by atoms with van der Waals surface area (Å²) in [6.45, 7) is 1.72. The van der Waals surface area contributed by atoms with E-state index in [9.17, 15) is 22.8 Å². The van der Waals surface area contributed by atoms with Crippen LogP contribution in [0.1, 0.15) is 19.8 Å². The summed E-state index contributed by atoms with van der Waals surface area (Å²) in [5, 5.41) is 4.73. The van der Waals surface area contributed by atoms with Crippen molar-refractivity contribution in [2.24, 2.45) is 0 Å². The minimum atomic E-state index is -4.59. The first kappa shape index (κ1) is 30.7. The van der Waals surface area contributed by atoms with Crippen molar-refractivity contribution in [3.63, 3.8) is 0 Å². The number of nitrogens with zero attached hydrogens (tertiary/aromatic N) is 2. The summed E-state index contributed by atoms with van der Waals surface area (Å²) in [6.07, 6.45) is -2.74. The van der Waals surface area contributed by atoms with Crippen LogP contribution < -0.4 is 5.32 Å². The van der Waals surface area contributed by atoms with E-state index in [4.69, 9.17) is 21.1 Å². The highest BCUT2D eigenvalue weighted by Crippen LogP contribution is 2.39. The number of esters is 1. The van der Waals surface area contributed by atoms with Gasteiger partial charge in [0.25, 0.3) is 5.91 Å². The van der Waals surface area contributed by atoms with E-state index in [1.165, 1.54) is 22.7 Å². The van der Waals surface area contributed by atoms with E-state index in [1.807, 2.05) is 42.5 Å².